The topological polar surface area (TPSA) is 75.3 Å². The highest BCUT2D eigenvalue weighted by atomic mass is 32.2. The van der Waals surface area contributed by atoms with Crippen molar-refractivity contribution in [1.82, 2.24) is 14.9 Å². The fourth-order valence-corrected chi connectivity index (χ4v) is 3.43. The number of fused-ring (bicyclic) bond motifs is 1. The number of thioether (sulfide) groups is 1. The van der Waals surface area contributed by atoms with Crippen LogP contribution < -0.4 is 0 Å². The van der Waals surface area contributed by atoms with Gasteiger partial charge >= 0.3 is 5.97 Å². The summed E-state index contributed by atoms with van der Waals surface area (Å²) in [6, 6.07) is 7.29. The number of carbonyl (C=O) groups is 2. The van der Waals surface area contributed by atoms with Crippen molar-refractivity contribution in [2.45, 2.75) is 24.0 Å². The molecule has 1 atom stereocenters. The number of carbonyl (C=O) groups excluding carboxylic acids is 2. The molecule has 0 aliphatic carbocycles. The smallest absolute Gasteiger partial charge is 0.328 e. The molecule has 0 unspecified atom stereocenters. The average Bonchev–Trinajstić information content (AvgIpc) is 3.17. The van der Waals surface area contributed by atoms with Crippen molar-refractivity contribution in [3.05, 3.63) is 24.3 Å². The third-order valence-corrected chi connectivity index (χ3v) is 4.60. The highest BCUT2D eigenvalue weighted by molar-refractivity contribution is 7.99. The molecule has 3 rings (SSSR count). The second-order valence-corrected chi connectivity index (χ2v) is 6.08. The van der Waals surface area contributed by atoms with Crippen LogP contribution in [0.15, 0.2) is 29.4 Å². The fourth-order valence-electron chi connectivity index (χ4n) is 2.66. The standard InChI is InChI=1S/C15H17N3O3S/c1-21-14(20)12-7-4-8-18(12)13(19)9-22-15-16-10-5-2-3-6-11(10)17-15/h2-3,5-6,12H,4,7-9H2,1H3,(H,16,17)/t12-/m0/s1. The quantitative estimate of drug-likeness (QED) is 0.687. The van der Waals surface area contributed by atoms with E-state index in [2.05, 4.69) is 9.97 Å². The number of amides is 1. The second-order valence-electron chi connectivity index (χ2n) is 5.12. The molecule has 0 spiro atoms. The zero-order valence-corrected chi connectivity index (χ0v) is 13.1. The molecule has 1 N–H and O–H groups in total. The maximum Gasteiger partial charge on any atom is 0.328 e. The van der Waals surface area contributed by atoms with E-state index in [-0.39, 0.29) is 17.6 Å². The van der Waals surface area contributed by atoms with Crippen molar-refractivity contribution in [2.24, 2.45) is 0 Å². The summed E-state index contributed by atoms with van der Waals surface area (Å²) >= 11 is 1.35. The van der Waals surface area contributed by atoms with Crippen molar-refractivity contribution in [3.8, 4) is 0 Å². The Morgan fingerprint density at radius 3 is 3.05 bits per heavy atom. The van der Waals surface area contributed by atoms with Crippen LogP contribution >= 0.6 is 11.8 Å². The molecule has 0 bridgehead atoms. The number of nitrogens with one attached hydrogen (secondary N) is 1. The Labute approximate surface area is 132 Å². The lowest BCUT2D eigenvalue weighted by atomic mass is 10.2. The van der Waals surface area contributed by atoms with Crippen molar-refractivity contribution < 1.29 is 14.3 Å². The van der Waals surface area contributed by atoms with Gasteiger partial charge in [0.25, 0.3) is 0 Å². The molecule has 6 nitrogen and oxygen atoms in total. The highest BCUT2D eigenvalue weighted by Crippen LogP contribution is 2.23. The summed E-state index contributed by atoms with van der Waals surface area (Å²) in [7, 11) is 1.35. The van der Waals surface area contributed by atoms with Crippen LogP contribution in [-0.2, 0) is 14.3 Å². The largest absolute Gasteiger partial charge is 0.467 e. The molecule has 1 amide bonds. The lowest BCUT2D eigenvalue weighted by Gasteiger charge is -2.22. The molecule has 0 saturated carbocycles. The van der Waals surface area contributed by atoms with Gasteiger partial charge in [-0.2, -0.15) is 0 Å². The third kappa shape index (κ3) is 2.94. The molecule has 22 heavy (non-hydrogen) atoms. The Kier molecular flexibility index (Phi) is 4.33. The minimum Gasteiger partial charge on any atom is -0.467 e. The number of para-hydroxylation sites is 2. The van der Waals surface area contributed by atoms with Gasteiger partial charge in [-0.15, -0.1) is 0 Å². The first-order chi connectivity index (χ1) is 10.7. The van der Waals surface area contributed by atoms with Crippen LogP contribution in [0.25, 0.3) is 11.0 Å². The second kappa shape index (κ2) is 6.39. The van der Waals surface area contributed by atoms with Crippen molar-refractivity contribution >= 4 is 34.7 Å². The minimum atomic E-state index is -0.436. The van der Waals surface area contributed by atoms with Crippen LogP contribution in [0.5, 0.6) is 0 Å². The van der Waals surface area contributed by atoms with E-state index in [0.29, 0.717) is 18.1 Å². The molecule has 2 aromatic rings. The number of hydrogen-bond donors (Lipinski definition) is 1. The summed E-state index contributed by atoms with van der Waals surface area (Å²) in [5.41, 5.74) is 1.83. The molecule has 1 saturated heterocycles. The summed E-state index contributed by atoms with van der Waals surface area (Å²) in [5, 5.41) is 0.711. The Balaban J connectivity index is 1.63. The van der Waals surface area contributed by atoms with Gasteiger partial charge in [-0.3, -0.25) is 4.79 Å². The van der Waals surface area contributed by atoms with E-state index in [1.807, 2.05) is 24.3 Å². The summed E-state index contributed by atoms with van der Waals surface area (Å²) in [5.74, 6) is -0.134. The third-order valence-electron chi connectivity index (χ3n) is 3.75. The Hall–Kier alpha value is -2.02. The van der Waals surface area contributed by atoms with Gasteiger partial charge in [0.05, 0.1) is 23.9 Å². The first-order valence-corrected chi connectivity index (χ1v) is 8.12. The molecular weight excluding hydrogens is 302 g/mol. The number of esters is 1. The van der Waals surface area contributed by atoms with Gasteiger partial charge < -0.3 is 14.6 Å². The van der Waals surface area contributed by atoms with Crippen molar-refractivity contribution in [3.63, 3.8) is 0 Å². The van der Waals surface area contributed by atoms with Crippen LogP contribution in [0.2, 0.25) is 0 Å². The number of H-pyrrole nitrogens is 1. The maximum atomic E-state index is 12.3. The van der Waals surface area contributed by atoms with E-state index < -0.39 is 6.04 Å². The van der Waals surface area contributed by atoms with E-state index in [0.717, 1.165) is 17.5 Å². The average molecular weight is 319 g/mol. The molecule has 1 aliphatic rings. The predicted octanol–water partition coefficient (Wildman–Crippen LogP) is 1.82. The number of hydrogen-bond acceptors (Lipinski definition) is 5. The number of likely N-dealkylation sites (tertiary alicyclic amines) is 1. The highest BCUT2D eigenvalue weighted by Gasteiger charge is 2.34. The summed E-state index contributed by atoms with van der Waals surface area (Å²) in [4.78, 5) is 33.2. The molecule has 7 heteroatoms. The van der Waals surface area contributed by atoms with Gasteiger partial charge in [-0.25, -0.2) is 9.78 Å². The number of aromatic nitrogens is 2. The lowest BCUT2D eigenvalue weighted by molar-refractivity contribution is -0.150. The van der Waals surface area contributed by atoms with Gasteiger partial charge in [0, 0.05) is 6.54 Å². The summed E-state index contributed by atoms with van der Waals surface area (Å²) in [6.45, 7) is 0.610. The number of methoxy groups -OCH3 is 1. The van der Waals surface area contributed by atoms with Gasteiger partial charge in [0.15, 0.2) is 5.16 Å². The first kappa shape index (κ1) is 14.9. The van der Waals surface area contributed by atoms with Crippen LogP contribution in [0.4, 0.5) is 0 Å². The number of aromatic amines is 1. The number of imidazole rings is 1. The van der Waals surface area contributed by atoms with E-state index in [1.165, 1.54) is 18.9 Å². The van der Waals surface area contributed by atoms with E-state index in [4.69, 9.17) is 4.74 Å². The SMILES string of the molecule is COC(=O)[C@@H]1CCCN1C(=O)CSc1nc2ccccc2[nH]1. The van der Waals surface area contributed by atoms with E-state index in [1.54, 1.807) is 4.90 Å². The minimum absolute atomic E-state index is 0.0571. The molecule has 1 aromatic heterocycles. The summed E-state index contributed by atoms with van der Waals surface area (Å²) in [6.07, 6.45) is 1.51. The molecule has 116 valence electrons. The van der Waals surface area contributed by atoms with Gasteiger partial charge in [-0.05, 0) is 25.0 Å². The van der Waals surface area contributed by atoms with Crippen LogP contribution in [0, 0.1) is 0 Å². The van der Waals surface area contributed by atoms with Crippen LogP contribution in [0.1, 0.15) is 12.8 Å². The monoisotopic (exact) mass is 319 g/mol. The summed E-state index contributed by atoms with van der Waals surface area (Å²) < 4.78 is 4.76. The molecule has 1 aliphatic heterocycles. The maximum absolute atomic E-state index is 12.3. The number of ether oxygens (including phenoxy) is 1. The molecule has 1 fully saturated rings. The normalized spacial score (nSPS) is 17.9. The predicted molar refractivity (Wildman–Crippen MR) is 83.6 cm³/mol. The Morgan fingerprint density at radius 2 is 2.27 bits per heavy atom. The van der Waals surface area contributed by atoms with Crippen LogP contribution in [0.3, 0.4) is 0 Å². The van der Waals surface area contributed by atoms with Gasteiger partial charge in [0.2, 0.25) is 5.91 Å². The number of benzene rings is 1. The lowest BCUT2D eigenvalue weighted by Crippen LogP contribution is -2.42. The number of nitrogens with zero attached hydrogens (tertiary/aromatic N) is 2. The van der Waals surface area contributed by atoms with Gasteiger partial charge in [0.1, 0.15) is 6.04 Å². The first-order valence-electron chi connectivity index (χ1n) is 7.14. The van der Waals surface area contributed by atoms with Crippen molar-refractivity contribution in [1.29, 1.82) is 0 Å². The zero-order chi connectivity index (χ0) is 15.5. The number of rotatable bonds is 4. The van der Waals surface area contributed by atoms with Crippen molar-refractivity contribution in [2.75, 3.05) is 19.4 Å². The van der Waals surface area contributed by atoms with E-state index in [9.17, 15) is 9.59 Å². The fraction of sp³-hybridized carbons (Fsp3) is 0.400. The molecule has 0 radical (unpaired) electrons. The van der Waals surface area contributed by atoms with Gasteiger partial charge in [-0.1, -0.05) is 23.9 Å². The Morgan fingerprint density at radius 1 is 1.45 bits per heavy atom. The van der Waals surface area contributed by atoms with Crippen LogP contribution in [-0.4, -0.2) is 52.2 Å². The van der Waals surface area contributed by atoms with E-state index >= 15 is 0 Å². The molecule has 2 heterocycles. The zero-order valence-electron chi connectivity index (χ0n) is 12.2. The molecular formula is C15H17N3O3S. The Bertz CT molecular complexity index is 667. The molecule has 1 aromatic carbocycles.